The Labute approximate surface area is 114 Å². The number of azide groups is 1. The molecule has 0 bridgehead atoms. The van der Waals surface area contributed by atoms with Crippen molar-refractivity contribution < 1.29 is 5.11 Å². The molecule has 1 rings (SSSR count). The highest BCUT2D eigenvalue weighted by atomic mass is 16.3. The van der Waals surface area contributed by atoms with Crippen molar-refractivity contribution >= 4 is 0 Å². The number of nitrogens with one attached hydrogen (secondary N) is 1. The van der Waals surface area contributed by atoms with Gasteiger partial charge < -0.3 is 10.4 Å². The molecule has 0 aliphatic heterocycles. The van der Waals surface area contributed by atoms with Crippen LogP contribution < -0.4 is 5.32 Å². The first-order chi connectivity index (χ1) is 9.13. The fourth-order valence-electron chi connectivity index (χ4n) is 1.83. The monoisotopic (exact) mass is 262 g/mol. The van der Waals surface area contributed by atoms with Crippen LogP contribution in [0.2, 0.25) is 0 Å². The van der Waals surface area contributed by atoms with Crippen LogP contribution in [0, 0.1) is 5.92 Å². The van der Waals surface area contributed by atoms with Crippen molar-refractivity contribution in [3.63, 3.8) is 0 Å². The number of nitrogens with zero attached hydrogens (tertiary/aromatic N) is 3. The van der Waals surface area contributed by atoms with Crippen LogP contribution in [0.25, 0.3) is 10.4 Å². The summed E-state index contributed by atoms with van der Waals surface area (Å²) in [4.78, 5) is 2.83. The molecule has 2 atom stereocenters. The largest absolute Gasteiger partial charge is 0.391 e. The molecule has 0 aliphatic rings. The molecule has 0 saturated carbocycles. The standard InChI is InChI=1S/C14H22N4O/c1-11(2)9-16-10-14(19)13(17-18-15)8-12-6-4-3-5-7-12/h3-7,11,13-14,16,19H,8-10H2,1-2H3/t13?,14-/m0/s1. The summed E-state index contributed by atoms with van der Waals surface area (Å²) in [6.07, 6.45) is -0.120. The summed E-state index contributed by atoms with van der Waals surface area (Å²) in [7, 11) is 0. The predicted octanol–water partition coefficient (Wildman–Crippen LogP) is 2.51. The highest BCUT2D eigenvalue weighted by molar-refractivity contribution is 5.16. The molecule has 0 spiro atoms. The first kappa shape index (κ1) is 15.5. The van der Waals surface area contributed by atoms with Crippen molar-refractivity contribution in [1.82, 2.24) is 5.32 Å². The molecule has 0 radical (unpaired) electrons. The predicted molar refractivity (Wildman–Crippen MR) is 76.8 cm³/mol. The van der Waals surface area contributed by atoms with E-state index in [-0.39, 0.29) is 0 Å². The van der Waals surface area contributed by atoms with E-state index in [1.165, 1.54) is 0 Å². The first-order valence-corrected chi connectivity index (χ1v) is 6.60. The maximum atomic E-state index is 10.1. The second kappa shape index (κ2) is 8.53. The van der Waals surface area contributed by atoms with Crippen molar-refractivity contribution in [2.45, 2.75) is 32.4 Å². The molecule has 5 nitrogen and oxygen atoms in total. The van der Waals surface area contributed by atoms with Gasteiger partial charge in [0, 0.05) is 11.5 Å². The van der Waals surface area contributed by atoms with E-state index in [0.29, 0.717) is 18.9 Å². The SMILES string of the molecule is CC(C)CNC[C@H](O)C(Cc1ccccc1)N=[N+]=[N-]. The molecule has 0 aliphatic carbocycles. The lowest BCUT2D eigenvalue weighted by Crippen LogP contribution is -2.37. The number of benzene rings is 1. The smallest absolute Gasteiger partial charge is 0.0752 e. The number of aliphatic hydroxyl groups is 1. The van der Waals surface area contributed by atoms with Crippen molar-refractivity contribution in [1.29, 1.82) is 0 Å². The minimum absolute atomic E-state index is 0.438. The lowest BCUT2D eigenvalue weighted by molar-refractivity contribution is 0.141. The second-order valence-electron chi connectivity index (χ2n) is 5.08. The maximum absolute atomic E-state index is 10.1. The summed E-state index contributed by atoms with van der Waals surface area (Å²) >= 11 is 0. The summed E-state index contributed by atoms with van der Waals surface area (Å²) in [5, 5.41) is 17.0. The van der Waals surface area contributed by atoms with Gasteiger partial charge in [-0.2, -0.15) is 0 Å². The van der Waals surface area contributed by atoms with Gasteiger partial charge in [-0.3, -0.25) is 0 Å². The molecule has 0 fully saturated rings. The van der Waals surface area contributed by atoms with E-state index in [4.69, 9.17) is 5.53 Å². The van der Waals surface area contributed by atoms with Gasteiger partial charge in [0.15, 0.2) is 0 Å². The summed E-state index contributed by atoms with van der Waals surface area (Å²) in [6, 6.07) is 9.30. The molecule has 104 valence electrons. The zero-order chi connectivity index (χ0) is 14.1. The highest BCUT2D eigenvalue weighted by Gasteiger charge is 2.18. The summed E-state index contributed by atoms with van der Waals surface area (Å²) < 4.78 is 0. The Kier molecular flexibility index (Phi) is 6.97. The third-order valence-electron chi connectivity index (χ3n) is 2.84. The average molecular weight is 262 g/mol. The fourth-order valence-corrected chi connectivity index (χ4v) is 1.83. The van der Waals surface area contributed by atoms with Crippen LogP contribution in [0.4, 0.5) is 0 Å². The molecule has 1 aromatic carbocycles. The third kappa shape index (κ3) is 6.25. The van der Waals surface area contributed by atoms with E-state index >= 15 is 0 Å². The van der Waals surface area contributed by atoms with E-state index in [9.17, 15) is 5.11 Å². The lowest BCUT2D eigenvalue weighted by atomic mass is 10.0. The maximum Gasteiger partial charge on any atom is 0.0752 e. The topological polar surface area (TPSA) is 81.0 Å². The molecule has 0 aromatic heterocycles. The minimum Gasteiger partial charge on any atom is -0.391 e. The molecule has 1 unspecified atom stereocenters. The van der Waals surface area contributed by atoms with Crippen molar-refractivity contribution in [2.24, 2.45) is 11.0 Å². The minimum atomic E-state index is -0.671. The van der Waals surface area contributed by atoms with Crippen molar-refractivity contribution in [3.05, 3.63) is 46.3 Å². The Morgan fingerprint density at radius 2 is 1.95 bits per heavy atom. The van der Waals surface area contributed by atoms with Crippen LogP contribution in [0.5, 0.6) is 0 Å². The van der Waals surface area contributed by atoms with Gasteiger partial charge in [0.1, 0.15) is 0 Å². The van der Waals surface area contributed by atoms with Crippen LogP contribution in [0.3, 0.4) is 0 Å². The lowest BCUT2D eigenvalue weighted by Gasteiger charge is -2.19. The van der Waals surface area contributed by atoms with E-state index in [2.05, 4.69) is 29.2 Å². The second-order valence-corrected chi connectivity index (χ2v) is 5.08. The van der Waals surface area contributed by atoms with Gasteiger partial charge in [-0.15, -0.1) is 0 Å². The Bertz CT molecular complexity index is 401. The molecule has 5 heteroatoms. The average Bonchev–Trinajstić information content (AvgIpc) is 2.39. The van der Waals surface area contributed by atoms with Gasteiger partial charge in [0.25, 0.3) is 0 Å². The van der Waals surface area contributed by atoms with Crippen molar-refractivity contribution in [3.8, 4) is 0 Å². The quantitative estimate of drug-likeness (QED) is 0.429. The van der Waals surface area contributed by atoms with Gasteiger partial charge in [-0.25, -0.2) is 0 Å². The number of hydrogen-bond acceptors (Lipinski definition) is 3. The fraction of sp³-hybridized carbons (Fsp3) is 0.571. The van der Waals surface area contributed by atoms with E-state index in [1.807, 2.05) is 30.3 Å². The zero-order valence-electron chi connectivity index (χ0n) is 11.5. The first-order valence-electron chi connectivity index (χ1n) is 6.60. The Morgan fingerprint density at radius 1 is 1.26 bits per heavy atom. The number of hydrogen-bond donors (Lipinski definition) is 2. The van der Waals surface area contributed by atoms with Crippen LogP contribution >= 0.6 is 0 Å². The highest BCUT2D eigenvalue weighted by Crippen LogP contribution is 2.09. The number of rotatable bonds is 8. The molecular weight excluding hydrogens is 240 g/mol. The normalized spacial score (nSPS) is 13.9. The van der Waals surface area contributed by atoms with Gasteiger partial charge in [-0.1, -0.05) is 49.3 Å². The van der Waals surface area contributed by atoms with E-state index < -0.39 is 12.1 Å². The van der Waals surface area contributed by atoms with Crippen molar-refractivity contribution in [2.75, 3.05) is 13.1 Å². The zero-order valence-corrected chi connectivity index (χ0v) is 11.5. The van der Waals surface area contributed by atoms with Crippen LogP contribution in [-0.2, 0) is 6.42 Å². The molecule has 2 N–H and O–H groups in total. The van der Waals surface area contributed by atoms with Crippen LogP contribution in [0.1, 0.15) is 19.4 Å². The Morgan fingerprint density at radius 3 is 2.53 bits per heavy atom. The molecule has 0 heterocycles. The number of aliphatic hydroxyl groups excluding tert-OH is 1. The van der Waals surface area contributed by atoms with Gasteiger partial charge in [-0.05, 0) is 30.0 Å². The summed E-state index contributed by atoms with van der Waals surface area (Å²) in [5.41, 5.74) is 9.66. The molecule has 0 saturated heterocycles. The van der Waals surface area contributed by atoms with Gasteiger partial charge in [0.05, 0.1) is 12.1 Å². The molecular formula is C14H22N4O. The van der Waals surface area contributed by atoms with Crippen LogP contribution in [-0.4, -0.2) is 30.3 Å². The summed E-state index contributed by atoms with van der Waals surface area (Å²) in [5.74, 6) is 0.527. The summed E-state index contributed by atoms with van der Waals surface area (Å²) in [6.45, 7) is 5.49. The molecule has 19 heavy (non-hydrogen) atoms. The van der Waals surface area contributed by atoms with Gasteiger partial charge in [0.2, 0.25) is 0 Å². The third-order valence-corrected chi connectivity index (χ3v) is 2.84. The molecule has 0 amide bonds. The Balaban J connectivity index is 2.54. The van der Waals surface area contributed by atoms with E-state index in [1.54, 1.807) is 0 Å². The van der Waals surface area contributed by atoms with Crippen LogP contribution in [0.15, 0.2) is 35.4 Å². The van der Waals surface area contributed by atoms with E-state index in [0.717, 1.165) is 12.1 Å². The Hall–Kier alpha value is -1.55. The van der Waals surface area contributed by atoms with Gasteiger partial charge >= 0.3 is 0 Å². The molecule has 1 aromatic rings.